The third kappa shape index (κ3) is 4.44. The Kier molecular flexibility index (Phi) is 5.39. The maximum absolute atomic E-state index is 12.7. The van der Waals surface area contributed by atoms with Gasteiger partial charge in [0.15, 0.2) is 0 Å². The van der Waals surface area contributed by atoms with Crippen LogP contribution in [0.5, 0.6) is 0 Å². The van der Waals surface area contributed by atoms with Crippen molar-refractivity contribution in [3.8, 4) is 0 Å². The van der Waals surface area contributed by atoms with Gasteiger partial charge in [-0.15, -0.1) is 0 Å². The zero-order valence-corrected chi connectivity index (χ0v) is 14.7. The lowest BCUT2D eigenvalue weighted by Crippen LogP contribution is -2.40. The van der Waals surface area contributed by atoms with Gasteiger partial charge in [-0.25, -0.2) is 0 Å². The Hall–Kier alpha value is -2.62. The van der Waals surface area contributed by atoms with Crippen molar-refractivity contribution in [1.29, 1.82) is 0 Å². The van der Waals surface area contributed by atoms with Crippen LogP contribution in [0.1, 0.15) is 48.4 Å². The zero-order valence-electron chi connectivity index (χ0n) is 14.7. The lowest BCUT2D eigenvalue weighted by molar-refractivity contribution is 0.0917. The second kappa shape index (κ2) is 7.30. The fourth-order valence-corrected chi connectivity index (χ4v) is 2.38. The number of nitrogens with zero attached hydrogens (tertiary/aromatic N) is 1. The maximum atomic E-state index is 12.7. The minimum Gasteiger partial charge on any atom is -0.347 e. The van der Waals surface area contributed by atoms with E-state index in [1.807, 2.05) is 58.0 Å². The van der Waals surface area contributed by atoms with Crippen LogP contribution in [0.4, 0.5) is 5.69 Å². The minimum atomic E-state index is -0.294. The van der Waals surface area contributed by atoms with Crippen molar-refractivity contribution in [2.75, 3.05) is 11.4 Å². The number of carbonyl (C=O) groups excluding carboxylic acids is 2. The topological polar surface area (TPSA) is 49.4 Å². The van der Waals surface area contributed by atoms with E-state index in [1.54, 1.807) is 29.2 Å². The van der Waals surface area contributed by atoms with Crippen LogP contribution >= 0.6 is 0 Å². The largest absolute Gasteiger partial charge is 0.347 e. The number of nitrogens with one attached hydrogen (secondary N) is 1. The Bertz CT molecular complexity index is 701. The molecule has 0 aromatic heterocycles. The van der Waals surface area contributed by atoms with E-state index in [0.717, 1.165) is 5.69 Å². The van der Waals surface area contributed by atoms with Crippen molar-refractivity contribution in [1.82, 2.24) is 5.32 Å². The summed E-state index contributed by atoms with van der Waals surface area (Å²) in [6, 6.07) is 16.3. The number of rotatable bonds is 4. The molecule has 0 fully saturated rings. The highest BCUT2D eigenvalue weighted by molar-refractivity contribution is 6.06. The van der Waals surface area contributed by atoms with Crippen LogP contribution in [0.2, 0.25) is 0 Å². The molecular weight excluding hydrogens is 300 g/mol. The summed E-state index contributed by atoms with van der Waals surface area (Å²) in [5, 5.41) is 2.91. The summed E-state index contributed by atoms with van der Waals surface area (Å²) in [5.41, 5.74) is 1.68. The molecule has 0 spiro atoms. The number of anilines is 1. The number of hydrogen-bond donors (Lipinski definition) is 1. The molecular formula is C20H24N2O2. The third-order valence-electron chi connectivity index (χ3n) is 3.51. The van der Waals surface area contributed by atoms with Crippen molar-refractivity contribution in [3.05, 3.63) is 65.7 Å². The van der Waals surface area contributed by atoms with Crippen LogP contribution in [0.15, 0.2) is 54.6 Å². The van der Waals surface area contributed by atoms with Gasteiger partial charge in [0, 0.05) is 28.9 Å². The van der Waals surface area contributed by atoms with Gasteiger partial charge in [-0.05, 0) is 64.1 Å². The van der Waals surface area contributed by atoms with Crippen LogP contribution in [-0.4, -0.2) is 23.9 Å². The minimum absolute atomic E-state index is 0.0773. The molecule has 0 unspecified atom stereocenters. The van der Waals surface area contributed by atoms with Crippen molar-refractivity contribution >= 4 is 17.5 Å². The summed E-state index contributed by atoms with van der Waals surface area (Å²) < 4.78 is 0. The van der Waals surface area contributed by atoms with Crippen molar-refractivity contribution in [2.24, 2.45) is 0 Å². The van der Waals surface area contributed by atoms with Crippen LogP contribution in [0, 0.1) is 0 Å². The second-order valence-electron chi connectivity index (χ2n) is 6.67. The molecule has 0 saturated carbocycles. The number of benzene rings is 2. The molecule has 2 amide bonds. The highest BCUT2D eigenvalue weighted by Crippen LogP contribution is 2.17. The average molecular weight is 324 g/mol. The molecule has 0 bridgehead atoms. The van der Waals surface area contributed by atoms with Gasteiger partial charge in [0.25, 0.3) is 11.8 Å². The van der Waals surface area contributed by atoms with E-state index in [4.69, 9.17) is 0 Å². The summed E-state index contributed by atoms with van der Waals surface area (Å²) in [5.74, 6) is -0.219. The smallest absolute Gasteiger partial charge is 0.258 e. The average Bonchev–Trinajstić information content (AvgIpc) is 2.55. The molecule has 2 rings (SSSR count). The van der Waals surface area contributed by atoms with E-state index in [1.165, 1.54) is 0 Å². The summed E-state index contributed by atoms with van der Waals surface area (Å²) >= 11 is 0. The summed E-state index contributed by atoms with van der Waals surface area (Å²) in [6.45, 7) is 8.32. The Morgan fingerprint density at radius 1 is 0.917 bits per heavy atom. The monoisotopic (exact) mass is 324 g/mol. The van der Waals surface area contributed by atoms with Crippen LogP contribution in [-0.2, 0) is 0 Å². The first-order valence-electron chi connectivity index (χ1n) is 8.11. The van der Waals surface area contributed by atoms with Crippen molar-refractivity contribution in [2.45, 2.75) is 33.2 Å². The number of para-hydroxylation sites is 1. The number of carbonyl (C=O) groups is 2. The van der Waals surface area contributed by atoms with E-state index in [-0.39, 0.29) is 17.4 Å². The molecule has 24 heavy (non-hydrogen) atoms. The van der Waals surface area contributed by atoms with E-state index in [0.29, 0.717) is 17.7 Å². The third-order valence-corrected chi connectivity index (χ3v) is 3.51. The van der Waals surface area contributed by atoms with Crippen molar-refractivity contribution in [3.63, 3.8) is 0 Å². The molecule has 2 aromatic rings. The van der Waals surface area contributed by atoms with E-state index < -0.39 is 0 Å². The summed E-state index contributed by atoms with van der Waals surface area (Å²) in [4.78, 5) is 26.6. The molecule has 1 N–H and O–H groups in total. The van der Waals surface area contributed by atoms with Crippen LogP contribution in [0.3, 0.4) is 0 Å². The predicted molar refractivity (Wildman–Crippen MR) is 97.5 cm³/mol. The van der Waals surface area contributed by atoms with Gasteiger partial charge in [-0.2, -0.15) is 0 Å². The fourth-order valence-electron chi connectivity index (χ4n) is 2.38. The number of hydrogen-bond acceptors (Lipinski definition) is 2. The van der Waals surface area contributed by atoms with E-state index >= 15 is 0 Å². The first-order chi connectivity index (χ1) is 11.3. The van der Waals surface area contributed by atoms with E-state index in [9.17, 15) is 9.59 Å². The van der Waals surface area contributed by atoms with E-state index in [2.05, 4.69) is 5.32 Å². The second-order valence-corrected chi connectivity index (χ2v) is 6.67. The quantitative estimate of drug-likeness (QED) is 0.928. The van der Waals surface area contributed by atoms with Gasteiger partial charge in [-0.1, -0.05) is 18.2 Å². The molecule has 2 aromatic carbocycles. The molecule has 4 nitrogen and oxygen atoms in total. The number of amides is 2. The highest BCUT2D eigenvalue weighted by Gasteiger charge is 2.18. The van der Waals surface area contributed by atoms with Gasteiger partial charge >= 0.3 is 0 Å². The highest BCUT2D eigenvalue weighted by atomic mass is 16.2. The summed E-state index contributed by atoms with van der Waals surface area (Å²) in [7, 11) is 0. The van der Waals surface area contributed by atoms with Gasteiger partial charge in [0.05, 0.1) is 0 Å². The van der Waals surface area contributed by atoms with Gasteiger partial charge in [-0.3, -0.25) is 9.59 Å². The maximum Gasteiger partial charge on any atom is 0.258 e. The molecule has 0 saturated heterocycles. The fraction of sp³-hybridized carbons (Fsp3) is 0.300. The molecule has 0 aliphatic rings. The zero-order chi connectivity index (χ0) is 17.7. The molecule has 0 heterocycles. The lowest BCUT2D eigenvalue weighted by Gasteiger charge is -2.22. The van der Waals surface area contributed by atoms with Gasteiger partial charge < -0.3 is 10.2 Å². The molecule has 4 heteroatoms. The van der Waals surface area contributed by atoms with Crippen LogP contribution < -0.4 is 10.2 Å². The Labute approximate surface area is 143 Å². The Morgan fingerprint density at radius 3 is 1.96 bits per heavy atom. The Balaban J connectivity index is 2.18. The SMILES string of the molecule is CCN(C(=O)c1ccc(C(=O)NC(C)(C)C)cc1)c1ccccc1. The van der Waals surface area contributed by atoms with Crippen molar-refractivity contribution < 1.29 is 9.59 Å². The molecule has 0 atom stereocenters. The molecule has 0 aliphatic carbocycles. The molecule has 0 aliphatic heterocycles. The summed E-state index contributed by atoms with van der Waals surface area (Å²) in [6.07, 6.45) is 0. The first-order valence-corrected chi connectivity index (χ1v) is 8.11. The normalized spacial score (nSPS) is 11.0. The first kappa shape index (κ1) is 17.7. The van der Waals surface area contributed by atoms with Crippen LogP contribution in [0.25, 0.3) is 0 Å². The standard InChI is InChI=1S/C20H24N2O2/c1-5-22(17-9-7-6-8-10-17)19(24)16-13-11-15(12-14-16)18(23)21-20(2,3)4/h6-14H,5H2,1-4H3,(H,21,23). The molecule has 0 radical (unpaired) electrons. The van der Waals surface area contributed by atoms with Gasteiger partial charge in [0.1, 0.15) is 0 Å². The van der Waals surface area contributed by atoms with Gasteiger partial charge in [0.2, 0.25) is 0 Å². The molecule has 126 valence electrons. The lowest BCUT2D eigenvalue weighted by atomic mass is 10.1. The predicted octanol–water partition coefficient (Wildman–Crippen LogP) is 3.88. The Morgan fingerprint density at radius 2 is 1.46 bits per heavy atom.